The van der Waals surface area contributed by atoms with Gasteiger partial charge in [-0.1, -0.05) is 30.3 Å². The molecule has 0 bridgehead atoms. The number of hydrogen-bond acceptors (Lipinski definition) is 4. The normalized spacial score (nSPS) is 10.9. The number of pyridine rings is 1. The van der Waals surface area contributed by atoms with E-state index in [-0.39, 0.29) is 5.78 Å². The Hall–Kier alpha value is -2.69. The molecule has 0 aliphatic heterocycles. The fourth-order valence-corrected chi connectivity index (χ4v) is 2.26. The van der Waals surface area contributed by atoms with Gasteiger partial charge in [0.25, 0.3) is 0 Å². The van der Waals surface area contributed by atoms with Crippen molar-refractivity contribution in [3.63, 3.8) is 0 Å². The van der Waals surface area contributed by atoms with E-state index in [2.05, 4.69) is 4.98 Å². The lowest BCUT2D eigenvalue weighted by Gasteiger charge is -2.02. The van der Waals surface area contributed by atoms with Crippen LogP contribution in [0.4, 0.5) is 0 Å². The molecule has 5 nitrogen and oxygen atoms in total. The Bertz CT molecular complexity index is 818. The van der Waals surface area contributed by atoms with E-state index in [0.717, 1.165) is 0 Å². The van der Waals surface area contributed by atoms with Gasteiger partial charge in [-0.3, -0.25) is 9.36 Å². The van der Waals surface area contributed by atoms with Crippen LogP contribution in [0.3, 0.4) is 0 Å². The van der Waals surface area contributed by atoms with E-state index >= 15 is 0 Å². The maximum Gasteiger partial charge on any atom is 0.421 e. The lowest BCUT2D eigenvalue weighted by molar-refractivity contribution is 0.0978. The van der Waals surface area contributed by atoms with E-state index in [9.17, 15) is 9.59 Å². The van der Waals surface area contributed by atoms with E-state index in [1.54, 1.807) is 30.5 Å². The van der Waals surface area contributed by atoms with Crippen LogP contribution in [0.25, 0.3) is 11.2 Å². The molecule has 0 atom stereocenters. The molecular weight excluding hydrogens is 268 g/mol. The molecule has 0 radical (unpaired) electrons. The standard InChI is InChI=1S/C16H14N2O3/c19-13(12-6-2-1-3-7-12)8-5-11-18-15-14(21-16(18)20)9-4-10-17-15/h1-4,6-7,9-10H,5,8,11H2. The predicted molar refractivity (Wildman–Crippen MR) is 78.3 cm³/mol. The molecule has 3 aromatic rings. The summed E-state index contributed by atoms with van der Waals surface area (Å²) in [5.74, 6) is -0.361. The molecule has 5 heteroatoms. The van der Waals surface area contributed by atoms with Crippen LogP contribution < -0.4 is 5.76 Å². The molecule has 0 saturated heterocycles. The smallest absolute Gasteiger partial charge is 0.406 e. The minimum absolute atomic E-state index is 0.0735. The van der Waals surface area contributed by atoms with Crippen molar-refractivity contribution in [3.8, 4) is 0 Å². The number of ketones is 1. The predicted octanol–water partition coefficient (Wildman–Crippen LogP) is 2.65. The first-order valence-corrected chi connectivity index (χ1v) is 6.78. The zero-order valence-corrected chi connectivity index (χ0v) is 11.4. The highest BCUT2D eigenvalue weighted by Crippen LogP contribution is 2.11. The van der Waals surface area contributed by atoms with Crippen LogP contribution in [-0.2, 0) is 6.54 Å². The van der Waals surface area contributed by atoms with Crippen molar-refractivity contribution in [2.75, 3.05) is 0 Å². The summed E-state index contributed by atoms with van der Waals surface area (Å²) < 4.78 is 6.57. The molecule has 0 spiro atoms. The van der Waals surface area contributed by atoms with Crippen LogP contribution in [0, 0.1) is 0 Å². The molecule has 2 heterocycles. The summed E-state index contributed by atoms with van der Waals surface area (Å²) in [6.07, 6.45) is 2.57. The highest BCUT2D eigenvalue weighted by atomic mass is 16.4. The van der Waals surface area contributed by atoms with Gasteiger partial charge in [-0.15, -0.1) is 0 Å². The molecule has 106 valence electrons. The summed E-state index contributed by atoms with van der Waals surface area (Å²) >= 11 is 0. The van der Waals surface area contributed by atoms with Crippen molar-refractivity contribution in [1.29, 1.82) is 0 Å². The molecule has 3 rings (SSSR count). The first kappa shape index (κ1) is 13.3. The molecule has 1 aromatic carbocycles. The average Bonchev–Trinajstić information content (AvgIpc) is 2.84. The zero-order valence-electron chi connectivity index (χ0n) is 11.4. The summed E-state index contributed by atoms with van der Waals surface area (Å²) in [6.45, 7) is 0.418. The van der Waals surface area contributed by atoms with Gasteiger partial charge >= 0.3 is 5.76 Å². The van der Waals surface area contributed by atoms with Gasteiger partial charge in [-0.25, -0.2) is 9.78 Å². The van der Waals surface area contributed by atoms with Crippen molar-refractivity contribution in [2.24, 2.45) is 0 Å². The number of fused-ring (bicyclic) bond motifs is 1. The second kappa shape index (κ2) is 5.75. The summed E-state index contributed by atoms with van der Waals surface area (Å²) in [7, 11) is 0. The Morgan fingerprint density at radius 3 is 2.76 bits per heavy atom. The monoisotopic (exact) mass is 282 g/mol. The number of Topliss-reactive ketones (excluding diaryl/α,β-unsaturated/α-hetero) is 1. The number of oxazole rings is 1. The number of carbonyl (C=O) groups excluding carboxylic acids is 1. The highest BCUT2D eigenvalue weighted by molar-refractivity contribution is 5.95. The molecule has 0 aliphatic rings. The fourth-order valence-electron chi connectivity index (χ4n) is 2.26. The number of aromatic nitrogens is 2. The summed E-state index contributed by atoms with van der Waals surface area (Å²) in [6, 6.07) is 12.6. The van der Waals surface area contributed by atoms with E-state index < -0.39 is 5.76 Å². The molecule has 0 amide bonds. The first-order valence-electron chi connectivity index (χ1n) is 6.78. The van der Waals surface area contributed by atoms with Crippen LogP contribution in [0.2, 0.25) is 0 Å². The van der Waals surface area contributed by atoms with Crippen molar-refractivity contribution in [1.82, 2.24) is 9.55 Å². The van der Waals surface area contributed by atoms with E-state index in [1.165, 1.54) is 4.57 Å². The quantitative estimate of drug-likeness (QED) is 0.675. The number of aryl methyl sites for hydroxylation is 1. The third kappa shape index (κ3) is 2.76. The third-order valence-corrected chi connectivity index (χ3v) is 3.31. The van der Waals surface area contributed by atoms with Gasteiger partial charge in [0.1, 0.15) is 0 Å². The molecule has 0 aliphatic carbocycles. The molecular formula is C16H14N2O3. The Labute approximate surface area is 120 Å². The maximum absolute atomic E-state index is 12.0. The lowest BCUT2D eigenvalue weighted by Crippen LogP contribution is -2.15. The SMILES string of the molecule is O=C(CCCn1c(=O)oc2cccnc21)c1ccccc1. The van der Waals surface area contributed by atoms with Crippen LogP contribution in [0.1, 0.15) is 23.2 Å². The summed E-state index contributed by atoms with van der Waals surface area (Å²) in [4.78, 5) is 27.9. The minimum atomic E-state index is -0.434. The Balaban J connectivity index is 1.69. The maximum atomic E-state index is 12.0. The molecule has 21 heavy (non-hydrogen) atoms. The Morgan fingerprint density at radius 1 is 1.14 bits per heavy atom. The number of rotatable bonds is 5. The fraction of sp³-hybridized carbons (Fsp3) is 0.188. The topological polar surface area (TPSA) is 65.1 Å². The molecule has 0 saturated carbocycles. The second-order valence-corrected chi connectivity index (χ2v) is 4.74. The molecule has 0 fully saturated rings. The lowest BCUT2D eigenvalue weighted by atomic mass is 10.1. The zero-order chi connectivity index (χ0) is 14.7. The van der Waals surface area contributed by atoms with Crippen molar-refractivity contribution >= 4 is 17.0 Å². The number of nitrogens with zero attached hydrogens (tertiary/aromatic N) is 2. The van der Waals surface area contributed by atoms with E-state index in [1.807, 2.05) is 18.2 Å². The van der Waals surface area contributed by atoms with Crippen molar-refractivity contribution in [3.05, 3.63) is 64.8 Å². The van der Waals surface area contributed by atoms with Crippen LogP contribution in [-0.4, -0.2) is 15.3 Å². The first-order chi connectivity index (χ1) is 10.3. The van der Waals surface area contributed by atoms with Gasteiger partial charge in [0.05, 0.1) is 0 Å². The van der Waals surface area contributed by atoms with Gasteiger partial charge in [-0.05, 0) is 18.6 Å². The highest BCUT2D eigenvalue weighted by Gasteiger charge is 2.10. The third-order valence-electron chi connectivity index (χ3n) is 3.31. The largest absolute Gasteiger partial charge is 0.421 e. The average molecular weight is 282 g/mol. The Morgan fingerprint density at radius 2 is 1.95 bits per heavy atom. The van der Waals surface area contributed by atoms with Gasteiger partial charge in [0.15, 0.2) is 17.0 Å². The van der Waals surface area contributed by atoms with Crippen molar-refractivity contribution in [2.45, 2.75) is 19.4 Å². The van der Waals surface area contributed by atoms with Crippen LogP contribution in [0.5, 0.6) is 0 Å². The van der Waals surface area contributed by atoms with Gasteiger partial charge < -0.3 is 4.42 Å². The number of carbonyl (C=O) groups is 1. The van der Waals surface area contributed by atoms with Gasteiger partial charge in [0, 0.05) is 24.7 Å². The molecule has 0 N–H and O–H groups in total. The summed E-state index contributed by atoms with van der Waals surface area (Å²) in [5, 5.41) is 0. The van der Waals surface area contributed by atoms with E-state index in [0.29, 0.717) is 36.2 Å². The van der Waals surface area contributed by atoms with Crippen LogP contribution >= 0.6 is 0 Å². The number of benzene rings is 1. The molecule has 0 unspecified atom stereocenters. The number of hydrogen-bond donors (Lipinski definition) is 0. The van der Waals surface area contributed by atoms with Gasteiger partial charge in [-0.2, -0.15) is 0 Å². The van der Waals surface area contributed by atoms with Crippen LogP contribution in [0.15, 0.2) is 57.9 Å². The minimum Gasteiger partial charge on any atom is -0.406 e. The van der Waals surface area contributed by atoms with Crippen molar-refractivity contribution < 1.29 is 9.21 Å². The van der Waals surface area contributed by atoms with E-state index in [4.69, 9.17) is 4.42 Å². The molecule has 2 aromatic heterocycles. The summed E-state index contributed by atoms with van der Waals surface area (Å²) in [5.41, 5.74) is 1.69. The van der Waals surface area contributed by atoms with Gasteiger partial charge in [0.2, 0.25) is 0 Å². The Kier molecular flexibility index (Phi) is 3.64. The second-order valence-electron chi connectivity index (χ2n) is 4.74.